The van der Waals surface area contributed by atoms with Gasteiger partial charge in [0.2, 0.25) is 0 Å². The first-order valence-corrected chi connectivity index (χ1v) is 7.65. The molecule has 2 heteroatoms. The van der Waals surface area contributed by atoms with Crippen molar-refractivity contribution in [1.82, 2.24) is 0 Å². The van der Waals surface area contributed by atoms with Gasteiger partial charge < -0.3 is 0 Å². The lowest BCUT2D eigenvalue weighted by Crippen LogP contribution is -2.31. The maximum Gasteiger partial charge on any atom is 0.133 e. The number of hydrogen-bond donors (Lipinski definition) is 0. The highest BCUT2D eigenvalue weighted by Crippen LogP contribution is 2.43. The monoisotopic (exact) mass is 263 g/mol. The summed E-state index contributed by atoms with van der Waals surface area (Å²) in [4.78, 5) is 0. The van der Waals surface area contributed by atoms with Crippen LogP contribution in [0.2, 0.25) is 0 Å². The van der Waals surface area contributed by atoms with E-state index < -0.39 is 0 Å². The summed E-state index contributed by atoms with van der Waals surface area (Å²) in [7, 11) is 0. The predicted octanol–water partition coefficient (Wildman–Crippen LogP) is 5.45. The van der Waals surface area contributed by atoms with Crippen LogP contribution in [0.15, 0.2) is 23.3 Å². The molecule has 1 aliphatic carbocycles. The molecule has 0 saturated carbocycles. The Hall–Kier alpha value is -0.680. The van der Waals surface area contributed by atoms with Gasteiger partial charge in [-0.2, -0.15) is 5.26 Å². The number of thiocyanates is 1. The summed E-state index contributed by atoms with van der Waals surface area (Å²) in [6.45, 7) is 8.77. The fourth-order valence-electron chi connectivity index (χ4n) is 2.61. The van der Waals surface area contributed by atoms with E-state index in [1.165, 1.54) is 35.7 Å². The lowest BCUT2D eigenvalue weighted by atomic mass is 9.79. The van der Waals surface area contributed by atoms with E-state index in [2.05, 4.69) is 45.2 Å². The molecule has 0 spiro atoms. The van der Waals surface area contributed by atoms with Crippen LogP contribution in [0.3, 0.4) is 0 Å². The summed E-state index contributed by atoms with van der Waals surface area (Å²) in [6.07, 6.45) is 10.4. The summed E-state index contributed by atoms with van der Waals surface area (Å²) in [6, 6.07) is 0. The first-order chi connectivity index (χ1) is 8.48. The number of rotatable bonds is 5. The van der Waals surface area contributed by atoms with E-state index in [1.807, 2.05) is 0 Å². The number of allylic oxidation sites excluding steroid dienone is 4. The third kappa shape index (κ3) is 4.53. The van der Waals surface area contributed by atoms with E-state index in [-0.39, 0.29) is 4.75 Å². The minimum Gasteiger partial charge on any atom is -0.185 e. The fraction of sp³-hybridized carbons (Fsp3) is 0.688. The molecule has 0 amide bonds. The van der Waals surface area contributed by atoms with Gasteiger partial charge in [0, 0.05) is 4.75 Å². The Morgan fingerprint density at radius 2 is 2.33 bits per heavy atom. The smallest absolute Gasteiger partial charge is 0.133 e. The van der Waals surface area contributed by atoms with Crippen LogP contribution < -0.4 is 0 Å². The molecule has 100 valence electrons. The van der Waals surface area contributed by atoms with Crippen LogP contribution in [-0.4, -0.2) is 4.75 Å². The molecule has 0 aromatic rings. The normalized spacial score (nSPS) is 22.6. The Balaban J connectivity index is 2.68. The Labute approximate surface area is 116 Å². The zero-order valence-electron chi connectivity index (χ0n) is 12.1. The number of thioether (sulfide) groups is 1. The maximum absolute atomic E-state index is 9.08. The summed E-state index contributed by atoms with van der Waals surface area (Å²) in [5, 5.41) is 11.4. The van der Waals surface area contributed by atoms with Crippen molar-refractivity contribution in [3.8, 4) is 5.40 Å². The number of hydrogen-bond acceptors (Lipinski definition) is 2. The molecule has 0 aromatic heterocycles. The van der Waals surface area contributed by atoms with Gasteiger partial charge in [-0.15, -0.1) is 0 Å². The molecular weight excluding hydrogens is 238 g/mol. The van der Waals surface area contributed by atoms with E-state index in [9.17, 15) is 0 Å². The van der Waals surface area contributed by atoms with Gasteiger partial charge in [-0.3, -0.25) is 0 Å². The predicted molar refractivity (Wildman–Crippen MR) is 81.4 cm³/mol. The van der Waals surface area contributed by atoms with Crippen LogP contribution in [0.4, 0.5) is 0 Å². The highest BCUT2D eigenvalue weighted by atomic mass is 32.2. The van der Waals surface area contributed by atoms with Crippen molar-refractivity contribution < 1.29 is 0 Å². The molecule has 2 atom stereocenters. The highest BCUT2D eigenvalue weighted by Gasteiger charge is 2.34. The largest absolute Gasteiger partial charge is 0.185 e. The van der Waals surface area contributed by atoms with E-state index in [1.54, 1.807) is 0 Å². The van der Waals surface area contributed by atoms with Crippen LogP contribution in [-0.2, 0) is 0 Å². The number of nitriles is 1. The topological polar surface area (TPSA) is 23.8 Å². The van der Waals surface area contributed by atoms with Crippen LogP contribution in [0.25, 0.3) is 0 Å². The van der Waals surface area contributed by atoms with Gasteiger partial charge in [0.25, 0.3) is 0 Å². The zero-order chi connectivity index (χ0) is 13.6. The van der Waals surface area contributed by atoms with Crippen LogP contribution >= 0.6 is 11.8 Å². The molecule has 0 fully saturated rings. The Morgan fingerprint density at radius 3 is 2.83 bits per heavy atom. The average molecular weight is 263 g/mol. The number of nitrogens with zero attached hydrogens (tertiary/aromatic N) is 1. The van der Waals surface area contributed by atoms with Crippen LogP contribution in [0, 0.1) is 16.6 Å². The molecular formula is C16H25NS. The minimum absolute atomic E-state index is 0.109. The van der Waals surface area contributed by atoms with E-state index >= 15 is 0 Å². The van der Waals surface area contributed by atoms with Gasteiger partial charge in [0.1, 0.15) is 5.40 Å². The molecule has 1 rings (SSSR count). The second kappa shape index (κ2) is 7.04. The molecule has 0 unspecified atom stereocenters. The zero-order valence-corrected chi connectivity index (χ0v) is 12.9. The van der Waals surface area contributed by atoms with E-state index in [0.29, 0.717) is 5.92 Å². The van der Waals surface area contributed by atoms with Gasteiger partial charge in [0.15, 0.2) is 0 Å². The molecule has 0 aromatic carbocycles. The summed E-state index contributed by atoms with van der Waals surface area (Å²) < 4.78 is 0.109. The van der Waals surface area contributed by atoms with Crippen molar-refractivity contribution in [1.29, 1.82) is 5.26 Å². The molecule has 0 saturated heterocycles. The second-order valence-electron chi connectivity index (χ2n) is 5.85. The SMILES string of the molecule is CC(C)=CCC[C@@](C)(SC#N)[C@H]1CC=C(C)CC1. The molecule has 0 radical (unpaired) electrons. The summed E-state index contributed by atoms with van der Waals surface area (Å²) in [5.41, 5.74) is 2.89. The van der Waals surface area contributed by atoms with Gasteiger partial charge >= 0.3 is 0 Å². The van der Waals surface area contributed by atoms with Crippen molar-refractivity contribution in [2.24, 2.45) is 5.92 Å². The summed E-state index contributed by atoms with van der Waals surface area (Å²) >= 11 is 1.49. The molecule has 0 bridgehead atoms. The lowest BCUT2D eigenvalue weighted by Gasteiger charge is -2.36. The standard InChI is InChI=1S/C16H25NS/c1-13(2)6-5-11-16(4,18-12-17)15-9-7-14(3)8-10-15/h6-7,15H,5,8-11H2,1-4H3/t15-,16+/m0/s1. The fourth-order valence-corrected chi connectivity index (χ4v) is 3.42. The van der Waals surface area contributed by atoms with Gasteiger partial charge in [-0.25, -0.2) is 0 Å². The molecule has 1 aliphatic rings. The third-order valence-corrected chi connectivity index (χ3v) is 5.07. The van der Waals surface area contributed by atoms with Crippen LogP contribution in [0.5, 0.6) is 0 Å². The lowest BCUT2D eigenvalue weighted by molar-refractivity contribution is 0.349. The maximum atomic E-state index is 9.08. The summed E-state index contributed by atoms with van der Waals surface area (Å²) in [5.74, 6) is 0.649. The van der Waals surface area contributed by atoms with Crippen molar-refractivity contribution in [2.75, 3.05) is 0 Å². The molecule has 0 N–H and O–H groups in total. The first-order valence-electron chi connectivity index (χ1n) is 6.84. The minimum atomic E-state index is 0.109. The van der Waals surface area contributed by atoms with Crippen molar-refractivity contribution >= 4 is 11.8 Å². The van der Waals surface area contributed by atoms with Gasteiger partial charge in [-0.1, -0.05) is 23.3 Å². The van der Waals surface area contributed by atoms with Crippen LogP contribution in [0.1, 0.15) is 59.8 Å². The molecule has 0 aliphatic heterocycles. The average Bonchev–Trinajstić information content (AvgIpc) is 2.29. The van der Waals surface area contributed by atoms with Crippen molar-refractivity contribution in [3.05, 3.63) is 23.3 Å². The van der Waals surface area contributed by atoms with Gasteiger partial charge in [0.05, 0.1) is 0 Å². The quantitative estimate of drug-likeness (QED) is 0.486. The first kappa shape index (κ1) is 15.4. The van der Waals surface area contributed by atoms with Gasteiger partial charge in [-0.05, 0) is 77.5 Å². The van der Waals surface area contributed by atoms with Crippen molar-refractivity contribution in [2.45, 2.75) is 64.5 Å². The highest BCUT2D eigenvalue weighted by molar-refractivity contribution is 8.05. The Morgan fingerprint density at radius 1 is 1.61 bits per heavy atom. The second-order valence-corrected chi connectivity index (χ2v) is 7.17. The van der Waals surface area contributed by atoms with Crippen molar-refractivity contribution in [3.63, 3.8) is 0 Å². The van der Waals surface area contributed by atoms with E-state index in [4.69, 9.17) is 5.26 Å². The van der Waals surface area contributed by atoms with E-state index in [0.717, 1.165) is 19.3 Å². The Bertz CT molecular complexity index is 371. The molecule has 18 heavy (non-hydrogen) atoms. The molecule has 1 nitrogen and oxygen atoms in total. The third-order valence-electron chi connectivity index (χ3n) is 3.97. The Kier molecular flexibility index (Phi) is 6.02. The molecule has 0 heterocycles.